The minimum Gasteiger partial charge on any atom is -0.249 e. The van der Waals surface area contributed by atoms with Crippen molar-refractivity contribution in [2.45, 2.75) is 30.7 Å². The Bertz CT molecular complexity index is 1200. The molecule has 1 aliphatic rings. The van der Waals surface area contributed by atoms with Crippen molar-refractivity contribution in [1.82, 2.24) is 18.5 Å². The van der Waals surface area contributed by atoms with Gasteiger partial charge in [-0.1, -0.05) is 24.1 Å². The van der Waals surface area contributed by atoms with E-state index in [-0.39, 0.29) is 16.5 Å². The normalized spacial score (nSPS) is 15.9. The Balaban J connectivity index is 1.71. The van der Waals surface area contributed by atoms with Crippen molar-refractivity contribution in [3.63, 3.8) is 0 Å². The van der Waals surface area contributed by atoms with Crippen molar-refractivity contribution < 1.29 is 12.8 Å². The molecule has 0 amide bonds. The summed E-state index contributed by atoms with van der Waals surface area (Å²) in [6, 6.07) is 6.87. The van der Waals surface area contributed by atoms with E-state index in [9.17, 15) is 17.6 Å². The summed E-state index contributed by atoms with van der Waals surface area (Å²) in [6.45, 7) is 1.02. The van der Waals surface area contributed by atoms with E-state index >= 15 is 0 Å². The Morgan fingerprint density at radius 3 is 2.57 bits per heavy atom. The van der Waals surface area contributed by atoms with E-state index < -0.39 is 21.5 Å². The van der Waals surface area contributed by atoms with E-state index in [0.717, 1.165) is 19.3 Å². The summed E-state index contributed by atoms with van der Waals surface area (Å²) >= 11 is 6.03. The number of halogens is 2. The van der Waals surface area contributed by atoms with Crippen LogP contribution in [0.3, 0.4) is 0 Å². The molecule has 3 heterocycles. The molecule has 0 spiro atoms. The van der Waals surface area contributed by atoms with Gasteiger partial charge in [0.1, 0.15) is 5.82 Å². The highest BCUT2D eigenvalue weighted by atomic mass is 35.5. The monoisotopic (exact) mass is 424 g/mol. The highest BCUT2D eigenvalue weighted by molar-refractivity contribution is 7.89. The quantitative estimate of drug-likeness (QED) is 0.644. The van der Waals surface area contributed by atoms with Gasteiger partial charge in [0, 0.05) is 24.3 Å². The molecule has 0 saturated carbocycles. The molecule has 0 atom stereocenters. The Labute approximate surface area is 166 Å². The van der Waals surface area contributed by atoms with E-state index in [1.54, 1.807) is 0 Å². The highest BCUT2D eigenvalue weighted by Gasteiger charge is 2.26. The molecule has 0 unspecified atom stereocenters. The number of rotatable bonds is 4. The summed E-state index contributed by atoms with van der Waals surface area (Å²) in [4.78, 5) is 12.8. The number of pyridine rings is 1. The zero-order valence-corrected chi connectivity index (χ0v) is 16.5. The number of aromatic nitrogens is 3. The fourth-order valence-electron chi connectivity index (χ4n) is 3.32. The van der Waals surface area contributed by atoms with Crippen LogP contribution in [0.5, 0.6) is 0 Å². The number of hydrogen-bond acceptors (Lipinski definition) is 4. The average Bonchev–Trinajstić information content (AvgIpc) is 3.00. The van der Waals surface area contributed by atoms with Gasteiger partial charge in [0.05, 0.1) is 11.4 Å². The molecule has 28 heavy (non-hydrogen) atoms. The largest absolute Gasteiger partial charge is 0.350 e. The van der Waals surface area contributed by atoms with Crippen molar-refractivity contribution >= 4 is 27.3 Å². The third kappa shape index (κ3) is 3.45. The molecule has 3 aromatic rings. The predicted molar refractivity (Wildman–Crippen MR) is 103 cm³/mol. The van der Waals surface area contributed by atoms with Gasteiger partial charge < -0.3 is 0 Å². The SMILES string of the molecule is O=c1n(Cc2ccc(F)cc2Cl)nc2ccc(S(=O)(=O)N3CCCCC3)cn12. The van der Waals surface area contributed by atoms with Crippen LogP contribution in [0.2, 0.25) is 5.02 Å². The maximum atomic E-state index is 13.2. The van der Waals surface area contributed by atoms with E-state index in [2.05, 4.69) is 5.10 Å². The molecule has 0 N–H and O–H groups in total. The Morgan fingerprint density at radius 1 is 1.11 bits per heavy atom. The van der Waals surface area contributed by atoms with E-state index in [1.165, 1.54) is 49.9 Å². The van der Waals surface area contributed by atoms with E-state index in [0.29, 0.717) is 24.3 Å². The standard InChI is InChI=1S/C18H18ClFN4O3S/c19-16-10-14(20)5-4-13(16)11-24-18(25)23-12-15(6-7-17(23)21-24)28(26,27)22-8-2-1-3-9-22/h4-7,10,12H,1-3,8-9,11H2. The van der Waals surface area contributed by atoms with Crippen molar-refractivity contribution in [3.05, 3.63) is 63.4 Å². The zero-order valence-electron chi connectivity index (χ0n) is 14.9. The molecular weight excluding hydrogens is 407 g/mol. The molecule has 10 heteroatoms. The third-order valence-electron chi connectivity index (χ3n) is 4.84. The first kappa shape index (κ1) is 19.1. The van der Waals surface area contributed by atoms with Gasteiger partial charge >= 0.3 is 5.69 Å². The Kier molecular flexibility index (Phi) is 4.98. The van der Waals surface area contributed by atoms with Crippen LogP contribution in [-0.4, -0.2) is 40.0 Å². The first-order chi connectivity index (χ1) is 13.4. The van der Waals surface area contributed by atoms with Crippen LogP contribution >= 0.6 is 11.6 Å². The smallest absolute Gasteiger partial charge is 0.249 e. The summed E-state index contributed by atoms with van der Waals surface area (Å²) in [5, 5.41) is 4.41. The lowest BCUT2D eigenvalue weighted by Crippen LogP contribution is -2.35. The number of nitrogens with zero attached hydrogens (tertiary/aromatic N) is 4. The summed E-state index contributed by atoms with van der Waals surface area (Å²) < 4.78 is 42.7. The van der Waals surface area contributed by atoms with Crippen LogP contribution in [0.4, 0.5) is 4.39 Å². The lowest BCUT2D eigenvalue weighted by atomic mass is 10.2. The second-order valence-electron chi connectivity index (χ2n) is 6.73. The maximum Gasteiger partial charge on any atom is 0.350 e. The molecule has 1 saturated heterocycles. The lowest BCUT2D eigenvalue weighted by molar-refractivity contribution is 0.346. The first-order valence-corrected chi connectivity index (χ1v) is 10.7. The van der Waals surface area contributed by atoms with E-state index in [1.807, 2.05) is 0 Å². The van der Waals surface area contributed by atoms with Crippen LogP contribution < -0.4 is 5.69 Å². The third-order valence-corrected chi connectivity index (χ3v) is 7.07. The van der Waals surface area contributed by atoms with Crippen LogP contribution in [0.15, 0.2) is 46.2 Å². The molecule has 148 valence electrons. The van der Waals surface area contributed by atoms with Gasteiger partial charge in [0.25, 0.3) is 0 Å². The molecule has 2 aromatic heterocycles. The minimum absolute atomic E-state index is 0.0494. The van der Waals surface area contributed by atoms with Gasteiger partial charge in [-0.2, -0.15) is 4.31 Å². The maximum absolute atomic E-state index is 13.2. The molecule has 7 nitrogen and oxygen atoms in total. The Morgan fingerprint density at radius 2 is 1.86 bits per heavy atom. The molecule has 0 aliphatic carbocycles. The van der Waals surface area contributed by atoms with Crippen molar-refractivity contribution in [2.75, 3.05) is 13.1 Å². The molecule has 1 aliphatic heterocycles. The predicted octanol–water partition coefficient (Wildman–Crippen LogP) is 2.51. The van der Waals surface area contributed by atoms with Crippen molar-refractivity contribution in [1.29, 1.82) is 0 Å². The van der Waals surface area contributed by atoms with Crippen LogP contribution in [0.1, 0.15) is 24.8 Å². The van der Waals surface area contributed by atoms with Crippen molar-refractivity contribution in [2.24, 2.45) is 0 Å². The lowest BCUT2D eigenvalue weighted by Gasteiger charge is -2.25. The van der Waals surface area contributed by atoms with Gasteiger partial charge in [0.2, 0.25) is 10.0 Å². The second kappa shape index (κ2) is 7.31. The number of piperidine rings is 1. The van der Waals surface area contributed by atoms with Gasteiger partial charge in [-0.3, -0.25) is 0 Å². The zero-order chi connectivity index (χ0) is 19.9. The van der Waals surface area contributed by atoms with Gasteiger partial charge in [-0.15, -0.1) is 5.10 Å². The summed E-state index contributed by atoms with van der Waals surface area (Å²) in [6.07, 6.45) is 3.98. The topological polar surface area (TPSA) is 76.7 Å². The number of benzene rings is 1. The second-order valence-corrected chi connectivity index (χ2v) is 9.08. The molecule has 0 bridgehead atoms. The summed E-state index contributed by atoms with van der Waals surface area (Å²) in [5.74, 6) is -0.469. The van der Waals surface area contributed by atoms with Gasteiger partial charge in [0.15, 0.2) is 5.65 Å². The van der Waals surface area contributed by atoms with Crippen LogP contribution in [0, 0.1) is 5.82 Å². The molecule has 4 rings (SSSR count). The molecule has 0 radical (unpaired) electrons. The first-order valence-electron chi connectivity index (χ1n) is 8.89. The summed E-state index contributed by atoms with van der Waals surface area (Å²) in [5.41, 5.74) is 0.363. The van der Waals surface area contributed by atoms with E-state index in [4.69, 9.17) is 11.6 Å². The fourth-order valence-corrected chi connectivity index (χ4v) is 5.06. The molecule has 1 fully saturated rings. The number of fused-ring (bicyclic) bond motifs is 1. The minimum atomic E-state index is -3.66. The highest BCUT2D eigenvalue weighted by Crippen LogP contribution is 2.21. The molecular formula is C18H18ClFN4O3S. The van der Waals surface area contributed by atoms with Crippen molar-refractivity contribution in [3.8, 4) is 0 Å². The average molecular weight is 425 g/mol. The number of sulfonamides is 1. The number of hydrogen-bond donors (Lipinski definition) is 0. The van der Waals surface area contributed by atoms with Crippen LogP contribution in [-0.2, 0) is 16.6 Å². The Hall–Kier alpha value is -2.23. The molecule has 1 aromatic carbocycles. The summed E-state index contributed by atoms with van der Waals surface area (Å²) in [7, 11) is -3.66. The van der Waals surface area contributed by atoms with Gasteiger partial charge in [-0.05, 0) is 42.7 Å². The fraction of sp³-hybridized carbons (Fsp3) is 0.333. The van der Waals surface area contributed by atoms with Crippen LogP contribution in [0.25, 0.3) is 5.65 Å². The van der Waals surface area contributed by atoms with Gasteiger partial charge in [-0.25, -0.2) is 26.7 Å².